The van der Waals surface area contributed by atoms with Crippen LogP contribution in [-0.2, 0) is 4.79 Å². The van der Waals surface area contributed by atoms with Crippen molar-refractivity contribution >= 4 is 5.91 Å². The SMILES string of the molecule is CC1(C)C(N)C(C)(C)C1NC(=O)CC1=CCCCC1. The van der Waals surface area contributed by atoms with Crippen LogP contribution < -0.4 is 11.1 Å². The summed E-state index contributed by atoms with van der Waals surface area (Å²) in [6, 6.07) is 0.311. The molecule has 0 unspecified atom stereocenters. The van der Waals surface area contributed by atoms with Crippen molar-refractivity contribution in [1.29, 1.82) is 0 Å². The zero-order valence-corrected chi connectivity index (χ0v) is 12.8. The Balaban J connectivity index is 1.94. The van der Waals surface area contributed by atoms with Gasteiger partial charge in [-0.1, -0.05) is 39.3 Å². The average Bonchev–Trinajstić information content (AvgIpc) is 2.36. The van der Waals surface area contributed by atoms with Crippen LogP contribution in [0.3, 0.4) is 0 Å². The molecular weight excluding hydrogens is 236 g/mol. The first-order valence-electron chi connectivity index (χ1n) is 7.49. The molecule has 3 nitrogen and oxygen atoms in total. The zero-order valence-electron chi connectivity index (χ0n) is 12.8. The summed E-state index contributed by atoms with van der Waals surface area (Å²) in [6.07, 6.45) is 7.52. The summed E-state index contributed by atoms with van der Waals surface area (Å²) in [7, 11) is 0. The Morgan fingerprint density at radius 2 is 1.95 bits per heavy atom. The number of carbonyl (C=O) groups is 1. The Bertz CT molecular complexity index is 380. The van der Waals surface area contributed by atoms with E-state index in [1.165, 1.54) is 18.4 Å². The number of rotatable bonds is 3. The van der Waals surface area contributed by atoms with Crippen molar-refractivity contribution < 1.29 is 4.79 Å². The summed E-state index contributed by atoms with van der Waals surface area (Å²) in [5, 5.41) is 3.21. The lowest BCUT2D eigenvalue weighted by Crippen LogP contribution is -2.76. The van der Waals surface area contributed by atoms with Crippen LogP contribution in [0.25, 0.3) is 0 Å². The smallest absolute Gasteiger partial charge is 0.224 e. The van der Waals surface area contributed by atoms with Gasteiger partial charge in [0, 0.05) is 29.3 Å². The first kappa shape index (κ1) is 14.6. The molecule has 0 aromatic heterocycles. The molecule has 19 heavy (non-hydrogen) atoms. The molecule has 2 rings (SSSR count). The second-order valence-corrected chi connectivity index (χ2v) is 7.41. The lowest BCUT2D eigenvalue weighted by molar-refractivity contribution is -0.131. The highest BCUT2D eigenvalue weighted by atomic mass is 16.1. The average molecular weight is 264 g/mol. The third-order valence-electron chi connectivity index (χ3n) is 5.17. The van der Waals surface area contributed by atoms with Crippen LogP contribution in [0.2, 0.25) is 0 Å². The largest absolute Gasteiger partial charge is 0.352 e. The van der Waals surface area contributed by atoms with Crippen molar-refractivity contribution in [3.63, 3.8) is 0 Å². The molecule has 1 fully saturated rings. The van der Waals surface area contributed by atoms with E-state index >= 15 is 0 Å². The number of hydrogen-bond acceptors (Lipinski definition) is 2. The monoisotopic (exact) mass is 264 g/mol. The molecule has 1 saturated carbocycles. The number of nitrogens with two attached hydrogens (primary N) is 1. The minimum absolute atomic E-state index is 0.0138. The molecule has 0 atom stereocenters. The van der Waals surface area contributed by atoms with Gasteiger partial charge in [-0.2, -0.15) is 0 Å². The summed E-state index contributed by atoms with van der Waals surface area (Å²) in [5.74, 6) is 0.159. The van der Waals surface area contributed by atoms with Gasteiger partial charge in [0.25, 0.3) is 0 Å². The molecule has 108 valence electrons. The molecule has 0 aliphatic heterocycles. The summed E-state index contributed by atoms with van der Waals surface area (Å²) < 4.78 is 0. The van der Waals surface area contributed by atoms with E-state index in [1.807, 2.05) is 0 Å². The number of amides is 1. The summed E-state index contributed by atoms with van der Waals surface area (Å²) >= 11 is 0. The normalized spacial score (nSPS) is 32.2. The highest BCUT2D eigenvalue weighted by molar-refractivity contribution is 5.79. The van der Waals surface area contributed by atoms with Gasteiger partial charge in [-0.05, 0) is 25.7 Å². The van der Waals surface area contributed by atoms with Crippen LogP contribution in [-0.4, -0.2) is 18.0 Å². The maximum absolute atomic E-state index is 12.2. The van der Waals surface area contributed by atoms with E-state index in [1.54, 1.807) is 0 Å². The summed E-state index contributed by atoms with van der Waals surface area (Å²) in [5.41, 5.74) is 7.50. The molecule has 2 aliphatic rings. The molecule has 0 saturated heterocycles. The lowest BCUT2D eigenvalue weighted by Gasteiger charge is -2.62. The van der Waals surface area contributed by atoms with Crippen LogP contribution in [0, 0.1) is 10.8 Å². The number of allylic oxidation sites excluding steroid dienone is 1. The van der Waals surface area contributed by atoms with E-state index in [-0.39, 0.29) is 28.8 Å². The molecule has 0 radical (unpaired) electrons. The van der Waals surface area contributed by atoms with Gasteiger partial charge in [0.05, 0.1) is 0 Å². The van der Waals surface area contributed by atoms with Crippen molar-refractivity contribution in [2.45, 2.75) is 71.9 Å². The first-order valence-corrected chi connectivity index (χ1v) is 7.49. The predicted octanol–water partition coefficient (Wildman–Crippen LogP) is 2.76. The van der Waals surface area contributed by atoms with Crippen molar-refractivity contribution in [3.05, 3.63) is 11.6 Å². The van der Waals surface area contributed by atoms with Gasteiger partial charge in [0.1, 0.15) is 0 Å². The van der Waals surface area contributed by atoms with Crippen LogP contribution in [0.5, 0.6) is 0 Å². The molecule has 1 amide bonds. The second-order valence-electron chi connectivity index (χ2n) is 7.41. The van der Waals surface area contributed by atoms with Crippen LogP contribution >= 0.6 is 0 Å². The summed E-state index contributed by atoms with van der Waals surface area (Å²) in [4.78, 5) is 12.2. The number of hydrogen-bond donors (Lipinski definition) is 2. The molecule has 0 bridgehead atoms. The topological polar surface area (TPSA) is 55.1 Å². The number of nitrogens with one attached hydrogen (secondary N) is 1. The Morgan fingerprint density at radius 3 is 2.47 bits per heavy atom. The molecule has 0 aromatic rings. The van der Waals surface area contributed by atoms with Gasteiger partial charge in [-0.25, -0.2) is 0 Å². The van der Waals surface area contributed by atoms with E-state index in [2.05, 4.69) is 39.1 Å². The molecule has 0 spiro atoms. The van der Waals surface area contributed by atoms with Crippen molar-refractivity contribution in [2.24, 2.45) is 16.6 Å². The van der Waals surface area contributed by atoms with Crippen molar-refractivity contribution in [3.8, 4) is 0 Å². The number of carbonyl (C=O) groups excluding carboxylic acids is 1. The molecule has 0 heterocycles. The Hall–Kier alpha value is -0.830. The van der Waals surface area contributed by atoms with E-state index in [9.17, 15) is 4.79 Å². The Morgan fingerprint density at radius 1 is 1.32 bits per heavy atom. The van der Waals surface area contributed by atoms with Gasteiger partial charge in [0.2, 0.25) is 5.91 Å². The molecule has 3 heteroatoms. The van der Waals surface area contributed by atoms with E-state index in [0.717, 1.165) is 12.8 Å². The standard InChI is InChI=1S/C16H28N2O/c1-15(2)13(17)16(3,4)14(15)18-12(19)10-11-8-6-5-7-9-11/h8,13-14H,5-7,9-10,17H2,1-4H3,(H,18,19). The quantitative estimate of drug-likeness (QED) is 0.770. The highest BCUT2D eigenvalue weighted by Crippen LogP contribution is 2.52. The van der Waals surface area contributed by atoms with Crippen LogP contribution in [0.4, 0.5) is 0 Å². The second kappa shape index (κ2) is 4.93. The Kier molecular flexibility index (Phi) is 3.78. The third-order valence-corrected chi connectivity index (χ3v) is 5.17. The first-order chi connectivity index (χ1) is 8.76. The van der Waals surface area contributed by atoms with E-state index < -0.39 is 0 Å². The third kappa shape index (κ3) is 2.58. The zero-order chi connectivity index (χ0) is 14.3. The van der Waals surface area contributed by atoms with Gasteiger partial charge in [-0.3, -0.25) is 4.79 Å². The molecule has 0 aromatic carbocycles. The van der Waals surface area contributed by atoms with Gasteiger partial charge in [0.15, 0.2) is 0 Å². The van der Waals surface area contributed by atoms with Crippen LogP contribution in [0.1, 0.15) is 59.8 Å². The maximum Gasteiger partial charge on any atom is 0.224 e. The van der Waals surface area contributed by atoms with E-state index in [0.29, 0.717) is 6.42 Å². The predicted molar refractivity (Wildman–Crippen MR) is 78.6 cm³/mol. The van der Waals surface area contributed by atoms with Crippen molar-refractivity contribution in [2.75, 3.05) is 0 Å². The highest BCUT2D eigenvalue weighted by Gasteiger charge is 2.60. The fraction of sp³-hybridized carbons (Fsp3) is 0.812. The van der Waals surface area contributed by atoms with Crippen LogP contribution in [0.15, 0.2) is 11.6 Å². The fourth-order valence-electron chi connectivity index (χ4n) is 4.04. The van der Waals surface area contributed by atoms with Gasteiger partial charge in [-0.15, -0.1) is 0 Å². The lowest BCUT2D eigenvalue weighted by atomic mass is 9.48. The maximum atomic E-state index is 12.2. The Labute approximate surface area is 117 Å². The molecular formula is C16H28N2O. The minimum atomic E-state index is -0.0138. The molecule has 2 aliphatic carbocycles. The van der Waals surface area contributed by atoms with Gasteiger partial charge >= 0.3 is 0 Å². The van der Waals surface area contributed by atoms with Gasteiger partial charge < -0.3 is 11.1 Å². The molecule has 3 N–H and O–H groups in total. The fourth-order valence-corrected chi connectivity index (χ4v) is 4.04. The van der Waals surface area contributed by atoms with Crippen molar-refractivity contribution in [1.82, 2.24) is 5.32 Å². The summed E-state index contributed by atoms with van der Waals surface area (Å²) in [6.45, 7) is 8.59. The minimum Gasteiger partial charge on any atom is -0.352 e. The van der Waals surface area contributed by atoms with E-state index in [4.69, 9.17) is 5.73 Å².